The van der Waals surface area contributed by atoms with Crippen LogP contribution in [0.15, 0.2) is 83.8 Å². The Hall–Kier alpha value is -3.20. The standard InChI is InChI=1S/C24H25N3O4S/c1-26-14-16-27(17-15-26)32(29,30)21-11-7-8-19(18-21)24(28)25-22-12-5-6-13-23(22)31-20-9-3-2-4-10-20/h2-13,18H,14-17H2,1H3,(H,25,28). The second-order valence-electron chi connectivity index (χ2n) is 7.60. The third-order valence-electron chi connectivity index (χ3n) is 5.30. The minimum Gasteiger partial charge on any atom is -0.455 e. The largest absolute Gasteiger partial charge is 0.455 e. The second kappa shape index (κ2) is 9.52. The summed E-state index contributed by atoms with van der Waals surface area (Å²) < 4.78 is 33.4. The fourth-order valence-corrected chi connectivity index (χ4v) is 4.91. The van der Waals surface area contributed by atoms with Gasteiger partial charge in [0.15, 0.2) is 5.75 Å². The molecule has 0 bridgehead atoms. The highest BCUT2D eigenvalue weighted by molar-refractivity contribution is 7.89. The lowest BCUT2D eigenvalue weighted by Crippen LogP contribution is -2.47. The van der Waals surface area contributed by atoms with Gasteiger partial charge in [-0.1, -0.05) is 36.4 Å². The molecule has 1 amide bonds. The third kappa shape index (κ3) is 4.99. The number of benzene rings is 3. The number of sulfonamides is 1. The lowest BCUT2D eigenvalue weighted by atomic mass is 10.2. The fourth-order valence-electron chi connectivity index (χ4n) is 3.44. The van der Waals surface area contributed by atoms with Crippen molar-refractivity contribution >= 4 is 21.6 Å². The first-order chi connectivity index (χ1) is 15.4. The Morgan fingerprint density at radius 3 is 2.31 bits per heavy atom. The van der Waals surface area contributed by atoms with Crippen LogP contribution >= 0.6 is 0 Å². The minimum atomic E-state index is -3.66. The molecule has 3 aromatic rings. The molecule has 166 valence electrons. The Kier molecular flexibility index (Phi) is 6.55. The van der Waals surface area contributed by atoms with Crippen LogP contribution in [-0.4, -0.2) is 56.8 Å². The molecule has 1 fully saturated rings. The number of likely N-dealkylation sites (N-methyl/N-ethyl adjacent to an activating group) is 1. The van der Waals surface area contributed by atoms with Crippen LogP contribution in [-0.2, 0) is 10.0 Å². The van der Waals surface area contributed by atoms with Crippen molar-refractivity contribution in [3.8, 4) is 11.5 Å². The molecule has 0 unspecified atom stereocenters. The molecule has 0 spiro atoms. The van der Waals surface area contributed by atoms with Crippen LogP contribution in [0.1, 0.15) is 10.4 Å². The lowest BCUT2D eigenvalue weighted by molar-refractivity contribution is 0.102. The molecule has 0 atom stereocenters. The van der Waals surface area contributed by atoms with Gasteiger partial charge in [-0.25, -0.2) is 8.42 Å². The van der Waals surface area contributed by atoms with Gasteiger partial charge >= 0.3 is 0 Å². The Morgan fingerprint density at radius 2 is 1.56 bits per heavy atom. The fraction of sp³-hybridized carbons (Fsp3) is 0.208. The quantitative estimate of drug-likeness (QED) is 0.619. The smallest absolute Gasteiger partial charge is 0.255 e. The van der Waals surface area contributed by atoms with Crippen LogP contribution in [0.25, 0.3) is 0 Å². The molecule has 0 saturated carbocycles. The number of nitrogens with zero attached hydrogens (tertiary/aromatic N) is 2. The highest BCUT2D eigenvalue weighted by Gasteiger charge is 2.28. The molecule has 1 heterocycles. The molecule has 0 radical (unpaired) electrons. The zero-order valence-electron chi connectivity index (χ0n) is 17.8. The molecule has 1 saturated heterocycles. The molecule has 1 aliphatic heterocycles. The van der Waals surface area contributed by atoms with E-state index in [1.165, 1.54) is 16.4 Å². The van der Waals surface area contributed by atoms with E-state index < -0.39 is 15.9 Å². The number of nitrogens with one attached hydrogen (secondary N) is 1. The number of ether oxygens (including phenoxy) is 1. The topological polar surface area (TPSA) is 79.0 Å². The SMILES string of the molecule is CN1CCN(S(=O)(=O)c2cccc(C(=O)Nc3ccccc3Oc3ccccc3)c2)CC1. The molecule has 0 aliphatic carbocycles. The summed E-state index contributed by atoms with van der Waals surface area (Å²) in [6, 6.07) is 22.5. The molecule has 4 rings (SSSR count). The summed E-state index contributed by atoms with van der Waals surface area (Å²) in [6.07, 6.45) is 0. The molecule has 32 heavy (non-hydrogen) atoms. The Labute approximate surface area is 188 Å². The number of hydrogen-bond donors (Lipinski definition) is 1. The summed E-state index contributed by atoms with van der Waals surface area (Å²) in [5, 5.41) is 2.83. The van der Waals surface area contributed by atoms with Gasteiger partial charge in [0.2, 0.25) is 10.0 Å². The van der Waals surface area contributed by atoms with Crippen LogP contribution in [0.5, 0.6) is 11.5 Å². The van der Waals surface area contributed by atoms with E-state index in [4.69, 9.17) is 4.74 Å². The molecule has 8 heteroatoms. The van der Waals surface area contributed by atoms with Crippen molar-refractivity contribution in [2.75, 3.05) is 38.5 Å². The van der Waals surface area contributed by atoms with Gasteiger partial charge in [0.25, 0.3) is 5.91 Å². The van der Waals surface area contributed by atoms with Gasteiger partial charge in [-0.15, -0.1) is 0 Å². The summed E-state index contributed by atoms with van der Waals surface area (Å²) in [5.41, 5.74) is 0.753. The Morgan fingerprint density at radius 1 is 0.875 bits per heavy atom. The lowest BCUT2D eigenvalue weighted by Gasteiger charge is -2.31. The molecule has 7 nitrogen and oxygen atoms in total. The van der Waals surface area contributed by atoms with Crippen LogP contribution in [0, 0.1) is 0 Å². The van der Waals surface area contributed by atoms with Crippen molar-refractivity contribution in [2.45, 2.75) is 4.90 Å². The van der Waals surface area contributed by atoms with E-state index in [-0.39, 0.29) is 10.5 Å². The maximum Gasteiger partial charge on any atom is 0.255 e. The van der Waals surface area contributed by atoms with Crippen LogP contribution in [0.2, 0.25) is 0 Å². The van der Waals surface area contributed by atoms with Crippen LogP contribution in [0.4, 0.5) is 5.69 Å². The zero-order valence-corrected chi connectivity index (χ0v) is 18.6. The Bertz CT molecular complexity index is 1190. The van der Waals surface area contributed by atoms with Crippen LogP contribution < -0.4 is 10.1 Å². The van der Waals surface area contributed by atoms with Crippen molar-refractivity contribution in [1.29, 1.82) is 0 Å². The van der Waals surface area contributed by atoms with Crippen molar-refractivity contribution in [3.63, 3.8) is 0 Å². The maximum absolute atomic E-state index is 13.0. The summed E-state index contributed by atoms with van der Waals surface area (Å²) in [7, 11) is -1.69. The van der Waals surface area contributed by atoms with Gasteiger partial charge in [0.05, 0.1) is 10.6 Å². The van der Waals surface area contributed by atoms with Crippen molar-refractivity contribution < 1.29 is 17.9 Å². The van der Waals surface area contributed by atoms with Gasteiger partial charge in [-0.05, 0) is 49.5 Å². The minimum absolute atomic E-state index is 0.114. The molecule has 0 aromatic heterocycles. The maximum atomic E-state index is 13.0. The van der Waals surface area contributed by atoms with E-state index in [0.717, 1.165) is 0 Å². The number of piperazine rings is 1. The summed E-state index contributed by atoms with van der Waals surface area (Å²) in [4.78, 5) is 15.1. The summed E-state index contributed by atoms with van der Waals surface area (Å²) in [5.74, 6) is 0.729. The normalized spacial score (nSPS) is 15.3. The average Bonchev–Trinajstić information content (AvgIpc) is 2.81. The molecule has 1 N–H and O–H groups in total. The molecule has 3 aromatic carbocycles. The van der Waals surface area contributed by atoms with E-state index in [1.807, 2.05) is 43.4 Å². The van der Waals surface area contributed by atoms with Crippen LogP contribution in [0.3, 0.4) is 0 Å². The first-order valence-electron chi connectivity index (χ1n) is 10.4. The number of para-hydroxylation sites is 3. The average molecular weight is 452 g/mol. The van der Waals surface area contributed by atoms with E-state index in [9.17, 15) is 13.2 Å². The van der Waals surface area contributed by atoms with E-state index in [2.05, 4.69) is 10.2 Å². The predicted molar refractivity (Wildman–Crippen MR) is 124 cm³/mol. The van der Waals surface area contributed by atoms with E-state index >= 15 is 0 Å². The third-order valence-corrected chi connectivity index (χ3v) is 7.20. The zero-order chi connectivity index (χ0) is 22.6. The highest BCUT2D eigenvalue weighted by Crippen LogP contribution is 2.29. The Balaban J connectivity index is 1.53. The van der Waals surface area contributed by atoms with Crippen molar-refractivity contribution in [3.05, 3.63) is 84.4 Å². The number of amides is 1. The monoisotopic (exact) mass is 451 g/mol. The first kappa shape index (κ1) is 22.0. The number of rotatable bonds is 6. The first-order valence-corrected chi connectivity index (χ1v) is 11.8. The predicted octanol–water partition coefficient (Wildman–Crippen LogP) is 3.67. The molecule has 1 aliphatic rings. The number of carbonyl (C=O) groups is 1. The number of hydrogen-bond acceptors (Lipinski definition) is 5. The van der Waals surface area contributed by atoms with Gasteiger partial charge in [0.1, 0.15) is 5.75 Å². The molecular formula is C24H25N3O4S. The van der Waals surface area contributed by atoms with E-state index in [0.29, 0.717) is 43.4 Å². The van der Waals surface area contributed by atoms with Crippen molar-refractivity contribution in [1.82, 2.24) is 9.21 Å². The van der Waals surface area contributed by atoms with Gasteiger partial charge < -0.3 is 15.0 Å². The molecular weight excluding hydrogens is 426 g/mol. The second-order valence-corrected chi connectivity index (χ2v) is 9.54. The summed E-state index contributed by atoms with van der Waals surface area (Å²) >= 11 is 0. The van der Waals surface area contributed by atoms with Gasteiger partial charge in [-0.3, -0.25) is 4.79 Å². The number of carbonyl (C=O) groups excluding carboxylic acids is 1. The van der Waals surface area contributed by atoms with Crippen molar-refractivity contribution in [2.24, 2.45) is 0 Å². The highest BCUT2D eigenvalue weighted by atomic mass is 32.2. The van der Waals surface area contributed by atoms with Gasteiger partial charge in [0, 0.05) is 31.7 Å². The van der Waals surface area contributed by atoms with E-state index in [1.54, 1.807) is 30.3 Å². The van der Waals surface area contributed by atoms with Gasteiger partial charge in [-0.2, -0.15) is 4.31 Å². The number of anilines is 1. The summed E-state index contributed by atoms with van der Waals surface area (Å²) in [6.45, 7) is 2.22.